The third kappa shape index (κ3) is 5.18. The molecule has 1 amide bonds. The van der Waals surface area contributed by atoms with Gasteiger partial charge in [-0.3, -0.25) is 4.79 Å². The molecular weight excluding hydrogens is 314 g/mol. The van der Waals surface area contributed by atoms with Crippen molar-refractivity contribution < 1.29 is 14.3 Å². The highest BCUT2D eigenvalue weighted by Crippen LogP contribution is 2.24. The second-order valence-corrected chi connectivity index (χ2v) is 5.52. The molecule has 122 valence electrons. The standard InChI is InChI=1S/C18H20ClNO3/c1-22-16-6-7-17(23-2)14(12-16)8-9-20-18(21)11-13-4-3-5-15(19)10-13/h3-7,10,12H,8-9,11H2,1-2H3,(H,20,21). The van der Waals surface area contributed by atoms with Gasteiger partial charge in [0.25, 0.3) is 0 Å². The summed E-state index contributed by atoms with van der Waals surface area (Å²) in [5.41, 5.74) is 1.89. The van der Waals surface area contributed by atoms with Crippen molar-refractivity contribution in [2.75, 3.05) is 20.8 Å². The van der Waals surface area contributed by atoms with Crippen molar-refractivity contribution in [3.05, 3.63) is 58.6 Å². The Kier molecular flexibility index (Phi) is 6.29. The predicted molar refractivity (Wildman–Crippen MR) is 91.4 cm³/mol. The normalized spacial score (nSPS) is 10.2. The van der Waals surface area contributed by atoms with Gasteiger partial charge in [-0.2, -0.15) is 0 Å². The van der Waals surface area contributed by atoms with Crippen LogP contribution >= 0.6 is 11.6 Å². The minimum atomic E-state index is -0.0332. The van der Waals surface area contributed by atoms with Crippen molar-refractivity contribution in [3.8, 4) is 11.5 Å². The van der Waals surface area contributed by atoms with Crippen molar-refractivity contribution in [1.82, 2.24) is 5.32 Å². The van der Waals surface area contributed by atoms with Gasteiger partial charge in [0.1, 0.15) is 11.5 Å². The topological polar surface area (TPSA) is 47.6 Å². The number of halogens is 1. The molecule has 0 fully saturated rings. The highest BCUT2D eigenvalue weighted by atomic mass is 35.5. The van der Waals surface area contributed by atoms with Gasteiger partial charge in [0, 0.05) is 11.6 Å². The minimum Gasteiger partial charge on any atom is -0.497 e. The number of amides is 1. The number of carbonyl (C=O) groups is 1. The molecule has 0 aliphatic rings. The average Bonchev–Trinajstić information content (AvgIpc) is 2.54. The summed E-state index contributed by atoms with van der Waals surface area (Å²) in [4.78, 5) is 12.0. The lowest BCUT2D eigenvalue weighted by Crippen LogP contribution is -2.27. The number of ether oxygens (including phenoxy) is 2. The minimum absolute atomic E-state index is 0.0332. The molecule has 5 heteroatoms. The van der Waals surface area contributed by atoms with Gasteiger partial charge in [0.05, 0.1) is 20.6 Å². The first-order valence-corrected chi connectivity index (χ1v) is 7.72. The highest BCUT2D eigenvalue weighted by molar-refractivity contribution is 6.30. The number of carbonyl (C=O) groups excluding carboxylic acids is 1. The van der Waals surface area contributed by atoms with Crippen LogP contribution < -0.4 is 14.8 Å². The molecule has 0 aliphatic heterocycles. The van der Waals surface area contributed by atoms with Crippen LogP contribution in [0.2, 0.25) is 5.02 Å². The first-order valence-electron chi connectivity index (χ1n) is 7.34. The summed E-state index contributed by atoms with van der Waals surface area (Å²) in [6.07, 6.45) is 0.984. The van der Waals surface area contributed by atoms with Crippen molar-refractivity contribution in [1.29, 1.82) is 0 Å². The Morgan fingerprint density at radius 3 is 2.65 bits per heavy atom. The van der Waals surface area contributed by atoms with Crippen molar-refractivity contribution in [2.45, 2.75) is 12.8 Å². The number of benzene rings is 2. The SMILES string of the molecule is COc1ccc(OC)c(CCNC(=O)Cc2cccc(Cl)c2)c1. The quantitative estimate of drug-likeness (QED) is 0.846. The Morgan fingerprint density at radius 1 is 1.13 bits per heavy atom. The van der Waals surface area contributed by atoms with Gasteiger partial charge >= 0.3 is 0 Å². The Morgan fingerprint density at radius 2 is 1.96 bits per heavy atom. The number of nitrogens with one attached hydrogen (secondary N) is 1. The summed E-state index contributed by atoms with van der Waals surface area (Å²) in [6, 6.07) is 12.9. The van der Waals surface area contributed by atoms with Gasteiger partial charge in [0.15, 0.2) is 0 Å². The molecule has 0 bridgehead atoms. The van der Waals surface area contributed by atoms with E-state index in [9.17, 15) is 4.79 Å². The molecule has 2 aromatic carbocycles. The van der Waals surface area contributed by atoms with Gasteiger partial charge in [-0.25, -0.2) is 0 Å². The van der Waals surface area contributed by atoms with Gasteiger partial charge in [0.2, 0.25) is 5.91 Å². The fraction of sp³-hybridized carbons (Fsp3) is 0.278. The van der Waals surface area contributed by atoms with Gasteiger partial charge < -0.3 is 14.8 Å². The zero-order valence-corrected chi connectivity index (χ0v) is 14.0. The zero-order chi connectivity index (χ0) is 16.7. The molecule has 4 nitrogen and oxygen atoms in total. The Labute approximate surface area is 141 Å². The van der Waals surface area contributed by atoms with E-state index in [0.717, 1.165) is 22.6 Å². The molecule has 0 unspecified atom stereocenters. The largest absolute Gasteiger partial charge is 0.497 e. The first-order chi connectivity index (χ1) is 11.1. The van der Waals surface area contributed by atoms with Gasteiger partial charge in [-0.05, 0) is 47.9 Å². The Hall–Kier alpha value is -2.20. The van der Waals surface area contributed by atoms with Crippen LogP contribution in [-0.4, -0.2) is 26.7 Å². The fourth-order valence-electron chi connectivity index (χ4n) is 2.31. The van der Waals surface area contributed by atoms with E-state index in [1.54, 1.807) is 26.4 Å². The van der Waals surface area contributed by atoms with E-state index in [-0.39, 0.29) is 5.91 Å². The highest BCUT2D eigenvalue weighted by Gasteiger charge is 2.07. The third-order valence-corrected chi connectivity index (χ3v) is 3.69. The molecule has 0 aromatic heterocycles. The van der Waals surface area contributed by atoms with E-state index in [0.29, 0.717) is 24.4 Å². The van der Waals surface area contributed by atoms with E-state index in [1.807, 2.05) is 30.3 Å². The van der Waals surface area contributed by atoms with E-state index in [1.165, 1.54) is 0 Å². The summed E-state index contributed by atoms with van der Waals surface area (Å²) >= 11 is 5.92. The van der Waals surface area contributed by atoms with Crippen LogP contribution in [0, 0.1) is 0 Å². The molecule has 0 saturated heterocycles. The molecule has 2 aromatic rings. The van der Waals surface area contributed by atoms with Crippen LogP contribution in [0.3, 0.4) is 0 Å². The summed E-state index contributed by atoms with van der Waals surface area (Å²) in [7, 11) is 3.25. The Bertz CT molecular complexity index is 673. The van der Waals surface area contributed by atoms with Crippen molar-refractivity contribution in [2.24, 2.45) is 0 Å². The lowest BCUT2D eigenvalue weighted by molar-refractivity contribution is -0.120. The van der Waals surface area contributed by atoms with E-state index in [2.05, 4.69) is 5.32 Å². The first kappa shape index (κ1) is 17.2. The zero-order valence-electron chi connectivity index (χ0n) is 13.3. The molecule has 0 saturated carbocycles. The van der Waals surface area contributed by atoms with Crippen LogP contribution in [0.1, 0.15) is 11.1 Å². The van der Waals surface area contributed by atoms with E-state index >= 15 is 0 Å². The van der Waals surface area contributed by atoms with Crippen molar-refractivity contribution >= 4 is 17.5 Å². The van der Waals surface area contributed by atoms with Crippen LogP contribution in [0.15, 0.2) is 42.5 Å². The number of rotatable bonds is 7. The summed E-state index contributed by atoms with van der Waals surface area (Å²) in [5.74, 6) is 1.52. The van der Waals surface area contributed by atoms with Crippen LogP contribution in [0.5, 0.6) is 11.5 Å². The predicted octanol–water partition coefficient (Wildman–Crippen LogP) is 3.26. The molecule has 23 heavy (non-hydrogen) atoms. The summed E-state index contributed by atoms with van der Waals surface area (Å²) in [6.45, 7) is 0.531. The third-order valence-electron chi connectivity index (χ3n) is 3.46. The average molecular weight is 334 g/mol. The lowest BCUT2D eigenvalue weighted by Gasteiger charge is -2.11. The van der Waals surface area contributed by atoms with E-state index < -0.39 is 0 Å². The molecule has 0 radical (unpaired) electrons. The molecular formula is C18H20ClNO3. The maximum Gasteiger partial charge on any atom is 0.224 e. The fourth-order valence-corrected chi connectivity index (χ4v) is 2.52. The Balaban J connectivity index is 1.88. The lowest BCUT2D eigenvalue weighted by atomic mass is 10.1. The van der Waals surface area contributed by atoms with Crippen LogP contribution in [-0.2, 0) is 17.6 Å². The maximum atomic E-state index is 12.0. The number of hydrogen-bond donors (Lipinski definition) is 1. The second kappa shape index (κ2) is 8.44. The molecule has 0 atom stereocenters. The molecule has 0 aliphatic carbocycles. The monoisotopic (exact) mass is 333 g/mol. The van der Waals surface area contributed by atoms with Crippen LogP contribution in [0.25, 0.3) is 0 Å². The van der Waals surface area contributed by atoms with Crippen molar-refractivity contribution in [3.63, 3.8) is 0 Å². The molecule has 1 N–H and O–H groups in total. The number of hydrogen-bond acceptors (Lipinski definition) is 3. The smallest absolute Gasteiger partial charge is 0.224 e. The van der Waals surface area contributed by atoms with Gasteiger partial charge in [-0.15, -0.1) is 0 Å². The molecule has 0 heterocycles. The molecule has 2 rings (SSSR count). The summed E-state index contributed by atoms with van der Waals surface area (Å²) in [5, 5.41) is 3.55. The second-order valence-electron chi connectivity index (χ2n) is 5.08. The summed E-state index contributed by atoms with van der Waals surface area (Å²) < 4.78 is 10.5. The molecule has 0 spiro atoms. The number of methoxy groups -OCH3 is 2. The van der Waals surface area contributed by atoms with Crippen LogP contribution in [0.4, 0.5) is 0 Å². The van der Waals surface area contributed by atoms with E-state index in [4.69, 9.17) is 21.1 Å². The maximum absolute atomic E-state index is 12.0. The van der Waals surface area contributed by atoms with Gasteiger partial charge in [-0.1, -0.05) is 23.7 Å².